The molecule has 118 valence electrons. The molecule has 2 rings (SSSR count). The predicted molar refractivity (Wildman–Crippen MR) is 86.5 cm³/mol. The van der Waals surface area contributed by atoms with E-state index in [1.54, 1.807) is 4.90 Å². The van der Waals surface area contributed by atoms with Crippen molar-refractivity contribution in [3.63, 3.8) is 0 Å². The number of hydrogen-bond donors (Lipinski definition) is 1. The zero-order chi connectivity index (χ0) is 14.5. The topological polar surface area (TPSA) is 55.6 Å². The van der Waals surface area contributed by atoms with Crippen LogP contribution in [0.1, 0.15) is 30.9 Å². The highest BCUT2D eigenvalue weighted by Gasteiger charge is 2.31. The lowest BCUT2D eigenvalue weighted by atomic mass is 10.1. The van der Waals surface area contributed by atoms with E-state index in [4.69, 9.17) is 10.5 Å². The first-order chi connectivity index (χ1) is 9.63. The van der Waals surface area contributed by atoms with E-state index in [1.807, 2.05) is 7.05 Å². The van der Waals surface area contributed by atoms with Gasteiger partial charge in [0.2, 0.25) is 0 Å². The molecule has 0 radical (unpaired) electrons. The average molecular weight is 313 g/mol. The molecular weight excluding hydrogens is 288 g/mol. The van der Waals surface area contributed by atoms with Gasteiger partial charge in [0.05, 0.1) is 6.10 Å². The number of hydrogen-bond acceptors (Lipinski definition) is 3. The Kier molecular flexibility index (Phi) is 7.15. The van der Waals surface area contributed by atoms with Crippen LogP contribution in [0.25, 0.3) is 0 Å². The Balaban J connectivity index is 0.00000220. The third-order valence-corrected chi connectivity index (χ3v) is 3.87. The van der Waals surface area contributed by atoms with Gasteiger partial charge in [-0.05, 0) is 30.4 Å². The summed E-state index contributed by atoms with van der Waals surface area (Å²) < 4.78 is 5.65. The Labute approximate surface area is 133 Å². The number of likely N-dealkylation sites (N-methyl/N-ethyl adjacent to an activating group) is 1. The number of nitrogens with zero attached hydrogens (tertiary/aromatic N) is 1. The Morgan fingerprint density at radius 2 is 1.90 bits per heavy atom. The summed E-state index contributed by atoms with van der Waals surface area (Å²) in [7, 11) is 1.83. The van der Waals surface area contributed by atoms with Gasteiger partial charge in [0, 0.05) is 20.1 Å². The fourth-order valence-corrected chi connectivity index (χ4v) is 2.54. The Morgan fingerprint density at radius 1 is 1.29 bits per heavy atom. The average Bonchev–Trinajstić information content (AvgIpc) is 2.96. The van der Waals surface area contributed by atoms with Crippen LogP contribution in [0.15, 0.2) is 24.3 Å². The second kappa shape index (κ2) is 8.37. The molecule has 2 N–H and O–H groups in total. The molecule has 1 fully saturated rings. The fourth-order valence-electron chi connectivity index (χ4n) is 2.54. The van der Waals surface area contributed by atoms with Gasteiger partial charge < -0.3 is 15.4 Å². The molecule has 1 aliphatic rings. The van der Waals surface area contributed by atoms with Crippen LogP contribution in [-0.4, -0.2) is 36.6 Å². The van der Waals surface area contributed by atoms with Crippen LogP contribution in [-0.2, 0) is 22.5 Å². The van der Waals surface area contributed by atoms with Crippen molar-refractivity contribution >= 4 is 18.3 Å². The summed E-state index contributed by atoms with van der Waals surface area (Å²) in [6.45, 7) is 3.25. The largest absolute Gasteiger partial charge is 0.364 e. The summed E-state index contributed by atoms with van der Waals surface area (Å²) in [4.78, 5) is 14.0. The minimum Gasteiger partial charge on any atom is -0.364 e. The van der Waals surface area contributed by atoms with Crippen molar-refractivity contribution in [2.75, 3.05) is 13.6 Å². The molecule has 0 aromatic heterocycles. The van der Waals surface area contributed by atoms with Gasteiger partial charge in [-0.2, -0.15) is 0 Å². The molecule has 1 aliphatic heterocycles. The van der Waals surface area contributed by atoms with E-state index >= 15 is 0 Å². The number of halogens is 1. The van der Waals surface area contributed by atoms with E-state index in [1.165, 1.54) is 5.56 Å². The van der Waals surface area contributed by atoms with Gasteiger partial charge in [0.1, 0.15) is 6.10 Å². The van der Waals surface area contributed by atoms with Crippen LogP contribution in [0.4, 0.5) is 0 Å². The van der Waals surface area contributed by atoms with E-state index in [2.05, 4.69) is 31.2 Å². The van der Waals surface area contributed by atoms with E-state index < -0.39 is 0 Å². The van der Waals surface area contributed by atoms with Crippen molar-refractivity contribution in [3.05, 3.63) is 35.4 Å². The molecule has 5 heteroatoms. The van der Waals surface area contributed by atoms with Crippen molar-refractivity contribution < 1.29 is 9.53 Å². The van der Waals surface area contributed by atoms with Crippen molar-refractivity contribution in [3.8, 4) is 0 Å². The minimum absolute atomic E-state index is 0. The van der Waals surface area contributed by atoms with Crippen LogP contribution < -0.4 is 5.73 Å². The van der Waals surface area contributed by atoms with Crippen LogP contribution >= 0.6 is 12.4 Å². The van der Waals surface area contributed by atoms with E-state index in [-0.39, 0.29) is 30.5 Å². The lowest BCUT2D eigenvalue weighted by molar-refractivity contribution is -0.141. The summed E-state index contributed by atoms with van der Waals surface area (Å²) in [6, 6.07) is 8.40. The van der Waals surface area contributed by atoms with Crippen molar-refractivity contribution in [2.45, 2.75) is 44.9 Å². The van der Waals surface area contributed by atoms with Crippen molar-refractivity contribution in [1.82, 2.24) is 4.90 Å². The van der Waals surface area contributed by atoms with Gasteiger partial charge in [-0.3, -0.25) is 4.79 Å². The van der Waals surface area contributed by atoms with Gasteiger partial charge >= 0.3 is 0 Å². The molecule has 1 amide bonds. The van der Waals surface area contributed by atoms with Gasteiger partial charge in [-0.15, -0.1) is 12.4 Å². The highest BCUT2D eigenvalue weighted by atomic mass is 35.5. The van der Waals surface area contributed by atoms with Crippen LogP contribution in [0.2, 0.25) is 0 Å². The second-order valence-corrected chi connectivity index (χ2v) is 5.42. The molecule has 0 spiro atoms. The first kappa shape index (κ1) is 18.0. The van der Waals surface area contributed by atoms with Crippen LogP contribution in [0, 0.1) is 0 Å². The molecule has 2 atom stereocenters. The standard InChI is InChI=1S/C16H24N2O2.ClH/c1-3-12-4-6-13(7-5-12)11-18(2)16(19)15-9-8-14(10-17)20-15;/h4-7,14-15H,3,8-11,17H2,1-2H3;1H/t14-,15+;/m1./s1. The normalized spacial score (nSPS) is 20.9. The molecule has 1 heterocycles. The smallest absolute Gasteiger partial charge is 0.251 e. The van der Waals surface area contributed by atoms with E-state index in [0.717, 1.165) is 24.8 Å². The van der Waals surface area contributed by atoms with E-state index in [0.29, 0.717) is 13.1 Å². The molecule has 0 aliphatic carbocycles. The molecule has 0 saturated carbocycles. The Bertz CT molecular complexity index is 450. The lowest BCUT2D eigenvalue weighted by Gasteiger charge is -2.21. The first-order valence-corrected chi connectivity index (χ1v) is 7.32. The number of ether oxygens (including phenoxy) is 1. The summed E-state index contributed by atoms with van der Waals surface area (Å²) >= 11 is 0. The van der Waals surface area contributed by atoms with E-state index in [9.17, 15) is 4.79 Å². The summed E-state index contributed by atoms with van der Waals surface area (Å²) in [5.41, 5.74) is 8.03. The van der Waals surface area contributed by atoms with Crippen LogP contribution in [0.5, 0.6) is 0 Å². The maximum absolute atomic E-state index is 12.3. The fraction of sp³-hybridized carbons (Fsp3) is 0.562. The Hall–Kier alpha value is -1.10. The maximum atomic E-state index is 12.3. The van der Waals surface area contributed by atoms with Gasteiger partial charge in [0.15, 0.2) is 0 Å². The molecule has 1 saturated heterocycles. The molecule has 1 aromatic rings. The third-order valence-electron chi connectivity index (χ3n) is 3.87. The lowest BCUT2D eigenvalue weighted by Crippen LogP contribution is -2.36. The maximum Gasteiger partial charge on any atom is 0.251 e. The molecule has 21 heavy (non-hydrogen) atoms. The zero-order valence-electron chi connectivity index (χ0n) is 12.7. The van der Waals surface area contributed by atoms with Crippen molar-refractivity contribution in [1.29, 1.82) is 0 Å². The number of benzene rings is 1. The van der Waals surface area contributed by atoms with Gasteiger partial charge in [-0.1, -0.05) is 31.2 Å². The summed E-state index contributed by atoms with van der Waals surface area (Å²) in [5, 5.41) is 0. The van der Waals surface area contributed by atoms with Gasteiger partial charge in [-0.25, -0.2) is 0 Å². The van der Waals surface area contributed by atoms with Crippen molar-refractivity contribution in [2.24, 2.45) is 5.73 Å². The minimum atomic E-state index is -0.316. The Morgan fingerprint density at radius 3 is 2.43 bits per heavy atom. The molecule has 0 unspecified atom stereocenters. The molecule has 0 bridgehead atoms. The first-order valence-electron chi connectivity index (χ1n) is 7.32. The summed E-state index contributed by atoms with van der Waals surface area (Å²) in [5.74, 6) is 0.0560. The third kappa shape index (κ3) is 4.70. The highest BCUT2D eigenvalue weighted by Crippen LogP contribution is 2.21. The number of rotatable bonds is 5. The SMILES string of the molecule is CCc1ccc(CN(C)C(=O)[C@@H]2CC[C@H](CN)O2)cc1.Cl. The second-order valence-electron chi connectivity index (χ2n) is 5.42. The monoisotopic (exact) mass is 312 g/mol. The zero-order valence-corrected chi connectivity index (χ0v) is 13.6. The molecular formula is C16H25ClN2O2. The molecule has 1 aromatic carbocycles. The quantitative estimate of drug-likeness (QED) is 0.906. The summed E-state index contributed by atoms with van der Waals surface area (Å²) in [6.07, 6.45) is 2.42. The van der Waals surface area contributed by atoms with Gasteiger partial charge in [0.25, 0.3) is 5.91 Å². The van der Waals surface area contributed by atoms with Crippen LogP contribution in [0.3, 0.4) is 0 Å². The number of nitrogens with two attached hydrogens (primary N) is 1. The predicted octanol–water partition coefficient (Wildman–Crippen LogP) is 2.14. The number of carbonyl (C=O) groups is 1. The number of amides is 1. The number of carbonyl (C=O) groups excluding carboxylic acids is 1. The highest BCUT2D eigenvalue weighted by molar-refractivity contribution is 5.85. The number of aryl methyl sites for hydroxylation is 1. The molecule has 4 nitrogen and oxygen atoms in total.